The van der Waals surface area contributed by atoms with E-state index in [4.69, 9.17) is 14.2 Å². The summed E-state index contributed by atoms with van der Waals surface area (Å²) in [6, 6.07) is 0. The van der Waals surface area contributed by atoms with E-state index in [0.29, 0.717) is 46.0 Å². The molecular weight excluding hydrogens is 677 g/mol. The van der Waals surface area contributed by atoms with Gasteiger partial charge in [0.15, 0.2) is 0 Å². The van der Waals surface area contributed by atoms with Crippen LogP contribution in [-0.2, 0) is 14.2 Å². The summed E-state index contributed by atoms with van der Waals surface area (Å²) < 4.78 is 17.5. The summed E-state index contributed by atoms with van der Waals surface area (Å²) in [4.78, 5) is 14.2. The standard InChI is InChI=1S/C46H90N2O6/c1-3-5-7-9-11-13-15-17-19-21-23-25-27-29-31-33-40-52-44-45(43-47-46(51)54-42-37-48(35-38-49)36-39-50)53-41-34-32-30-28-26-24-22-20-18-16-14-12-10-8-6-4-2/h17-20,45,49-50H,3-16,21-44H2,1-2H3,(H,47,51). The second-order valence-electron chi connectivity index (χ2n) is 15.2. The highest BCUT2D eigenvalue weighted by atomic mass is 16.6. The van der Waals surface area contributed by atoms with Crippen molar-refractivity contribution in [3.8, 4) is 0 Å². The topological polar surface area (TPSA) is 100 Å². The second kappa shape index (κ2) is 45.9. The highest BCUT2D eigenvalue weighted by molar-refractivity contribution is 5.67. The number of carbonyl (C=O) groups is 1. The van der Waals surface area contributed by atoms with Crippen LogP contribution in [0.25, 0.3) is 0 Å². The number of hydrogen-bond donors (Lipinski definition) is 3. The molecule has 0 fully saturated rings. The number of alkyl carbamates (subject to hydrolysis) is 1. The van der Waals surface area contributed by atoms with Gasteiger partial charge in [-0.15, -0.1) is 0 Å². The zero-order chi connectivity index (χ0) is 39.3. The molecule has 0 aliphatic heterocycles. The van der Waals surface area contributed by atoms with Crippen molar-refractivity contribution in [3.05, 3.63) is 24.3 Å². The lowest BCUT2D eigenvalue weighted by atomic mass is 10.1. The molecule has 0 radical (unpaired) electrons. The third-order valence-corrected chi connectivity index (χ3v) is 10.1. The molecule has 0 bridgehead atoms. The summed E-state index contributed by atoms with van der Waals surface area (Å²) in [6.07, 6.45) is 44.8. The Kier molecular flexibility index (Phi) is 44.7. The van der Waals surface area contributed by atoms with Crippen molar-refractivity contribution in [3.63, 3.8) is 0 Å². The molecule has 0 saturated heterocycles. The van der Waals surface area contributed by atoms with Crippen molar-refractivity contribution in [1.29, 1.82) is 0 Å². The van der Waals surface area contributed by atoms with Crippen LogP contribution in [0.5, 0.6) is 0 Å². The Labute approximate surface area is 334 Å². The van der Waals surface area contributed by atoms with Gasteiger partial charge in [-0.3, -0.25) is 4.90 Å². The number of carbonyl (C=O) groups excluding carboxylic acids is 1. The molecule has 1 amide bonds. The van der Waals surface area contributed by atoms with Crippen molar-refractivity contribution >= 4 is 6.09 Å². The summed E-state index contributed by atoms with van der Waals surface area (Å²) in [5, 5.41) is 21.2. The van der Waals surface area contributed by atoms with Gasteiger partial charge in [0.2, 0.25) is 0 Å². The second-order valence-corrected chi connectivity index (χ2v) is 15.2. The maximum absolute atomic E-state index is 12.4. The van der Waals surface area contributed by atoms with E-state index in [1.54, 1.807) is 0 Å². The fraction of sp³-hybridized carbons (Fsp3) is 0.891. The molecule has 1 unspecified atom stereocenters. The molecule has 8 heteroatoms. The number of hydrogen-bond acceptors (Lipinski definition) is 7. The molecule has 0 aliphatic carbocycles. The molecule has 0 aromatic rings. The van der Waals surface area contributed by atoms with Crippen LogP contribution >= 0.6 is 0 Å². The normalized spacial score (nSPS) is 12.5. The molecule has 320 valence electrons. The minimum Gasteiger partial charge on any atom is -0.448 e. The molecule has 0 spiro atoms. The smallest absolute Gasteiger partial charge is 0.407 e. The average Bonchev–Trinajstić information content (AvgIpc) is 3.17. The van der Waals surface area contributed by atoms with E-state index in [9.17, 15) is 15.0 Å². The van der Waals surface area contributed by atoms with E-state index in [1.165, 1.54) is 161 Å². The first kappa shape index (κ1) is 52.6. The number of nitrogens with one attached hydrogen (secondary N) is 1. The van der Waals surface area contributed by atoms with Crippen LogP contribution in [0.4, 0.5) is 4.79 Å². The summed E-state index contributed by atoms with van der Waals surface area (Å²) in [5.41, 5.74) is 0. The van der Waals surface area contributed by atoms with E-state index < -0.39 is 6.09 Å². The third-order valence-electron chi connectivity index (χ3n) is 10.1. The molecule has 8 nitrogen and oxygen atoms in total. The van der Waals surface area contributed by atoms with Gasteiger partial charge >= 0.3 is 6.09 Å². The van der Waals surface area contributed by atoms with Crippen LogP contribution in [0.2, 0.25) is 0 Å². The minimum atomic E-state index is -0.484. The summed E-state index contributed by atoms with van der Waals surface area (Å²) in [6.45, 7) is 8.25. The molecule has 0 heterocycles. The molecule has 0 aliphatic rings. The zero-order valence-electron chi connectivity index (χ0n) is 35.7. The van der Waals surface area contributed by atoms with Gasteiger partial charge in [0, 0.05) is 39.4 Å². The number of aliphatic hydroxyl groups is 2. The lowest BCUT2D eigenvalue weighted by molar-refractivity contribution is -0.0176. The number of amides is 1. The van der Waals surface area contributed by atoms with Crippen LogP contribution < -0.4 is 5.32 Å². The third kappa shape index (κ3) is 41.7. The Morgan fingerprint density at radius 2 is 0.944 bits per heavy atom. The van der Waals surface area contributed by atoms with Crippen molar-refractivity contribution < 1.29 is 29.2 Å². The largest absolute Gasteiger partial charge is 0.448 e. The van der Waals surface area contributed by atoms with Gasteiger partial charge in [0.05, 0.1) is 25.9 Å². The predicted octanol–water partition coefficient (Wildman–Crippen LogP) is 11.5. The fourth-order valence-corrected chi connectivity index (χ4v) is 6.57. The van der Waals surface area contributed by atoms with Crippen LogP contribution in [0.15, 0.2) is 24.3 Å². The van der Waals surface area contributed by atoms with Crippen molar-refractivity contribution in [2.75, 3.05) is 65.8 Å². The van der Waals surface area contributed by atoms with E-state index in [0.717, 1.165) is 19.3 Å². The SMILES string of the molecule is CCCCCCCCC=CCCCCCCCCOCC(CNC(=O)OCCN(CCO)CCO)OCCCCCCCCC=CCCCCCCCC. The van der Waals surface area contributed by atoms with Crippen LogP contribution in [0, 0.1) is 0 Å². The van der Waals surface area contributed by atoms with Gasteiger partial charge in [0.25, 0.3) is 0 Å². The highest BCUT2D eigenvalue weighted by Crippen LogP contribution is 2.12. The highest BCUT2D eigenvalue weighted by Gasteiger charge is 2.13. The molecule has 54 heavy (non-hydrogen) atoms. The van der Waals surface area contributed by atoms with E-state index in [-0.39, 0.29) is 25.9 Å². The number of aliphatic hydroxyl groups excluding tert-OH is 2. The van der Waals surface area contributed by atoms with Crippen LogP contribution in [-0.4, -0.2) is 93.1 Å². The molecule has 1 atom stereocenters. The molecule has 0 saturated carbocycles. The molecular formula is C46H90N2O6. The van der Waals surface area contributed by atoms with Gasteiger partial charge in [0.1, 0.15) is 6.61 Å². The first-order valence-corrected chi connectivity index (χ1v) is 23.0. The van der Waals surface area contributed by atoms with Crippen LogP contribution in [0.1, 0.15) is 194 Å². The Hall–Kier alpha value is -1.45. The number of rotatable bonds is 44. The molecule has 3 N–H and O–H groups in total. The van der Waals surface area contributed by atoms with Crippen molar-refractivity contribution in [2.24, 2.45) is 0 Å². The van der Waals surface area contributed by atoms with Gasteiger partial charge in [-0.2, -0.15) is 0 Å². The maximum atomic E-state index is 12.4. The van der Waals surface area contributed by atoms with E-state index in [1.807, 2.05) is 4.90 Å². The quantitative estimate of drug-likeness (QED) is 0.0419. The number of nitrogens with zero attached hydrogens (tertiary/aromatic N) is 1. The Morgan fingerprint density at radius 3 is 1.39 bits per heavy atom. The first-order chi connectivity index (χ1) is 26.7. The maximum Gasteiger partial charge on any atom is 0.407 e. The average molecular weight is 767 g/mol. The van der Waals surface area contributed by atoms with Gasteiger partial charge < -0.3 is 29.7 Å². The van der Waals surface area contributed by atoms with Gasteiger partial charge in [-0.05, 0) is 64.2 Å². The predicted molar refractivity (Wildman–Crippen MR) is 229 cm³/mol. The van der Waals surface area contributed by atoms with Crippen LogP contribution in [0.3, 0.4) is 0 Å². The summed E-state index contributed by atoms with van der Waals surface area (Å²) in [7, 11) is 0. The lowest BCUT2D eigenvalue weighted by Gasteiger charge is -2.21. The Balaban J connectivity index is 4.15. The Morgan fingerprint density at radius 1 is 0.537 bits per heavy atom. The molecule has 0 aromatic carbocycles. The van der Waals surface area contributed by atoms with Crippen molar-refractivity contribution in [2.45, 2.75) is 200 Å². The monoisotopic (exact) mass is 767 g/mol. The lowest BCUT2D eigenvalue weighted by Crippen LogP contribution is -2.38. The summed E-state index contributed by atoms with van der Waals surface area (Å²) >= 11 is 0. The van der Waals surface area contributed by atoms with E-state index >= 15 is 0 Å². The zero-order valence-corrected chi connectivity index (χ0v) is 35.7. The van der Waals surface area contributed by atoms with Gasteiger partial charge in [-0.1, -0.05) is 154 Å². The van der Waals surface area contributed by atoms with E-state index in [2.05, 4.69) is 43.5 Å². The number of ether oxygens (including phenoxy) is 3. The Bertz CT molecular complexity index is 789. The fourth-order valence-electron chi connectivity index (χ4n) is 6.57. The molecule has 0 aromatic heterocycles. The number of allylic oxidation sites excluding steroid dienone is 4. The molecule has 0 rings (SSSR count). The van der Waals surface area contributed by atoms with Gasteiger partial charge in [-0.25, -0.2) is 4.79 Å². The number of unbranched alkanes of at least 4 members (excludes halogenated alkanes) is 24. The first-order valence-electron chi connectivity index (χ1n) is 23.0. The summed E-state index contributed by atoms with van der Waals surface area (Å²) in [5.74, 6) is 0. The van der Waals surface area contributed by atoms with Crippen molar-refractivity contribution in [1.82, 2.24) is 10.2 Å². The minimum absolute atomic E-state index is 0.000527.